The number of hydrogen-bond donors (Lipinski definition) is 1. The van der Waals surface area contributed by atoms with E-state index in [1.54, 1.807) is 0 Å². The molecule has 0 aromatic rings. The van der Waals surface area contributed by atoms with Crippen molar-refractivity contribution in [2.45, 2.75) is 70.8 Å². The molecule has 2 atom stereocenters. The molecule has 19 heavy (non-hydrogen) atoms. The van der Waals surface area contributed by atoms with Crippen LogP contribution in [0.3, 0.4) is 0 Å². The van der Waals surface area contributed by atoms with Crippen LogP contribution in [-0.2, 0) is 0 Å². The topological polar surface area (TPSA) is 15.3 Å². The molecular formula is C17H34N2. The van der Waals surface area contributed by atoms with E-state index in [9.17, 15) is 0 Å². The SMILES string of the molecule is CC1CCCCC1NCCN(C)CC1CCCCC1. The maximum atomic E-state index is 3.80. The van der Waals surface area contributed by atoms with E-state index >= 15 is 0 Å². The molecule has 2 unspecified atom stereocenters. The molecule has 0 spiro atoms. The lowest BCUT2D eigenvalue weighted by atomic mass is 9.86. The second-order valence-electron chi connectivity index (χ2n) is 7.09. The molecule has 2 aliphatic carbocycles. The van der Waals surface area contributed by atoms with Crippen LogP contribution in [0.15, 0.2) is 0 Å². The smallest absolute Gasteiger partial charge is 0.0104 e. The molecule has 0 heterocycles. The van der Waals surface area contributed by atoms with E-state index in [1.165, 1.54) is 77.4 Å². The van der Waals surface area contributed by atoms with Crippen molar-refractivity contribution in [1.82, 2.24) is 10.2 Å². The monoisotopic (exact) mass is 266 g/mol. The first-order valence-corrected chi connectivity index (χ1v) is 8.67. The molecule has 0 bridgehead atoms. The van der Waals surface area contributed by atoms with Crippen LogP contribution >= 0.6 is 0 Å². The molecule has 0 radical (unpaired) electrons. The fourth-order valence-corrected chi connectivity index (χ4v) is 3.96. The van der Waals surface area contributed by atoms with E-state index in [0.29, 0.717) is 0 Å². The van der Waals surface area contributed by atoms with Gasteiger partial charge in [0.2, 0.25) is 0 Å². The van der Waals surface area contributed by atoms with Crippen LogP contribution < -0.4 is 5.32 Å². The normalized spacial score (nSPS) is 29.8. The van der Waals surface area contributed by atoms with Crippen molar-refractivity contribution in [1.29, 1.82) is 0 Å². The minimum atomic E-state index is 0.789. The summed E-state index contributed by atoms with van der Waals surface area (Å²) in [6.45, 7) is 6.14. The van der Waals surface area contributed by atoms with Crippen LogP contribution in [0.4, 0.5) is 0 Å². The summed E-state index contributed by atoms with van der Waals surface area (Å²) < 4.78 is 0. The second kappa shape index (κ2) is 8.26. The van der Waals surface area contributed by atoms with Crippen LogP contribution in [0.1, 0.15) is 64.7 Å². The summed E-state index contributed by atoms with van der Waals surface area (Å²) in [6.07, 6.45) is 13.0. The van der Waals surface area contributed by atoms with E-state index in [4.69, 9.17) is 0 Å². The number of nitrogens with zero attached hydrogens (tertiary/aromatic N) is 1. The van der Waals surface area contributed by atoms with E-state index in [0.717, 1.165) is 17.9 Å². The second-order valence-corrected chi connectivity index (χ2v) is 7.09. The quantitative estimate of drug-likeness (QED) is 0.789. The largest absolute Gasteiger partial charge is 0.312 e. The van der Waals surface area contributed by atoms with Crippen molar-refractivity contribution in [3.8, 4) is 0 Å². The summed E-state index contributed by atoms with van der Waals surface area (Å²) in [4.78, 5) is 2.55. The molecule has 112 valence electrons. The molecule has 1 N–H and O–H groups in total. The molecule has 2 nitrogen and oxygen atoms in total. The third kappa shape index (κ3) is 5.43. The van der Waals surface area contributed by atoms with Crippen molar-refractivity contribution in [2.75, 3.05) is 26.7 Å². The van der Waals surface area contributed by atoms with Gasteiger partial charge in [-0.15, -0.1) is 0 Å². The van der Waals surface area contributed by atoms with Gasteiger partial charge in [-0.3, -0.25) is 0 Å². The van der Waals surface area contributed by atoms with Crippen LogP contribution in [0.5, 0.6) is 0 Å². The van der Waals surface area contributed by atoms with Crippen molar-refractivity contribution < 1.29 is 0 Å². The van der Waals surface area contributed by atoms with E-state index in [-0.39, 0.29) is 0 Å². The lowest BCUT2D eigenvalue weighted by Crippen LogP contribution is -2.41. The zero-order valence-corrected chi connectivity index (χ0v) is 13.2. The number of hydrogen-bond acceptors (Lipinski definition) is 2. The van der Waals surface area contributed by atoms with Gasteiger partial charge in [0.25, 0.3) is 0 Å². The first kappa shape index (κ1) is 15.3. The zero-order chi connectivity index (χ0) is 13.5. The lowest BCUT2D eigenvalue weighted by Gasteiger charge is -2.31. The summed E-state index contributed by atoms with van der Waals surface area (Å²) in [5, 5.41) is 3.80. The maximum absolute atomic E-state index is 3.80. The third-order valence-corrected chi connectivity index (χ3v) is 5.31. The van der Waals surface area contributed by atoms with Gasteiger partial charge in [0.15, 0.2) is 0 Å². The van der Waals surface area contributed by atoms with Gasteiger partial charge < -0.3 is 10.2 Å². The predicted octanol–water partition coefficient (Wildman–Crippen LogP) is 3.67. The Morgan fingerprint density at radius 1 is 0.947 bits per heavy atom. The van der Waals surface area contributed by atoms with Crippen molar-refractivity contribution in [3.05, 3.63) is 0 Å². The first-order chi connectivity index (χ1) is 9.25. The molecule has 0 aromatic heterocycles. The van der Waals surface area contributed by atoms with Crippen LogP contribution in [0.2, 0.25) is 0 Å². The Hall–Kier alpha value is -0.0800. The first-order valence-electron chi connectivity index (χ1n) is 8.67. The average molecular weight is 266 g/mol. The zero-order valence-electron chi connectivity index (χ0n) is 13.2. The molecule has 2 rings (SSSR count). The fraction of sp³-hybridized carbons (Fsp3) is 1.00. The average Bonchev–Trinajstić information content (AvgIpc) is 2.42. The third-order valence-electron chi connectivity index (χ3n) is 5.31. The van der Waals surface area contributed by atoms with Crippen LogP contribution in [0.25, 0.3) is 0 Å². The summed E-state index contributed by atoms with van der Waals surface area (Å²) in [7, 11) is 2.31. The maximum Gasteiger partial charge on any atom is 0.0104 e. The Morgan fingerprint density at radius 2 is 1.63 bits per heavy atom. The van der Waals surface area contributed by atoms with Crippen molar-refractivity contribution >= 4 is 0 Å². The van der Waals surface area contributed by atoms with Gasteiger partial charge in [-0.25, -0.2) is 0 Å². The summed E-state index contributed by atoms with van der Waals surface area (Å²) in [6, 6.07) is 0.789. The summed E-state index contributed by atoms with van der Waals surface area (Å²) in [5.74, 6) is 1.87. The number of likely N-dealkylation sites (N-methyl/N-ethyl adjacent to an activating group) is 1. The molecule has 2 aliphatic rings. The highest BCUT2D eigenvalue weighted by molar-refractivity contribution is 4.78. The summed E-state index contributed by atoms with van der Waals surface area (Å²) in [5.41, 5.74) is 0. The van der Waals surface area contributed by atoms with E-state index in [2.05, 4.69) is 24.2 Å². The van der Waals surface area contributed by atoms with E-state index < -0.39 is 0 Å². The Morgan fingerprint density at radius 3 is 2.37 bits per heavy atom. The predicted molar refractivity (Wildman–Crippen MR) is 83.5 cm³/mol. The Labute approximate surface area is 120 Å². The number of nitrogens with one attached hydrogen (secondary N) is 1. The standard InChI is InChI=1S/C17H34N2/c1-15-8-6-7-11-17(15)18-12-13-19(2)14-16-9-4-3-5-10-16/h15-18H,3-14H2,1-2H3. The van der Waals surface area contributed by atoms with Gasteiger partial charge in [-0.1, -0.05) is 39.0 Å². The Kier molecular flexibility index (Phi) is 6.66. The van der Waals surface area contributed by atoms with Crippen molar-refractivity contribution in [3.63, 3.8) is 0 Å². The van der Waals surface area contributed by atoms with Gasteiger partial charge in [-0.05, 0) is 44.6 Å². The molecule has 0 saturated heterocycles. The molecule has 2 fully saturated rings. The lowest BCUT2D eigenvalue weighted by molar-refractivity contribution is 0.220. The highest BCUT2D eigenvalue weighted by Gasteiger charge is 2.20. The van der Waals surface area contributed by atoms with Crippen molar-refractivity contribution in [2.24, 2.45) is 11.8 Å². The molecule has 2 saturated carbocycles. The van der Waals surface area contributed by atoms with Gasteiger partial charge in [0.05, 0.1) is 0 Å². The number of rotatable bonds is 6. The van der Waals surface area contributed by atoms with Gasteiger partial charge >= 0.3 is 0 Å². The molecule has 2 heteroatoms. The highest BCUT2D eigenvalue weighted by atomic mass is 15.1. The molecular weight excluding hydrogens is 232 g/mol. The van der Waals surface area contributed by atoms with Gasteiger partial charge in [-0.2, -0.15) is 0 Å². The molecule has 0 amide bonds. The Bertz CT molecular complexity index is 235. The fourth-order valence-electron chi connectivity index (χ4n) is 3.96. The van der Waals surface area contributed by atoms with Crippen LogP contribution in [-0.4, -0.2) is 37.6 Å². The van der Waals surface area contributed by atoms with E-state index in [1.807, 2.05) is 0 Å². The van der Waals surface area contributed by atoms with Gasteiger partial charge in [0, 0.05) is 25.7 Å². The van der Waals surface area contributed by atoms with Gasteiger partial charge in [0.1, 0.15) is 0 Å². The van der Waals surface area contributed by atoms with Crippen LogP contribution in [0, 0.1) is 11.8 Å². The molecule has 0 aliphatic heterocycles. The minimum Gasteiger partial charge on any atom is -0.312 e. The summed E-state index contributed by atoms with van der Waals surface area (Å²) >= 11 is 0. The minimum absolute atomic E-state index is 0.789. The highest BCUT2D eigenvalue weighted by Crippen LogP contribution is 2.24. The molecule has 0 aromatic carbocycles. The Balaban J connectivity index is 1.56.